The largest absolute Gasteiger partial charge is 0.508 e. The maximum atomic E-state index is 11.8. The summed E-state index contributed by atoms with van der Waals surface area (Å²) in [4.78, 5) is 15.8. The number of phenols is 1. The van der Waals surface area contributed by atoms with Crippen molar-refractivity contribution in [2.24, 2.45) is 0 Å². The molecule has 0 atom stereocenters. The number of nitrogens with zero attached hydrogens (tertiary/aromatic N) is 1. The summed E-state index contributed by atoms with van der Waals surface area (Å²) >= 11 is 0. The van der Waals surface area contributed by atoms with Crippen LogP contribution in [-0.4, -0.2) is 23.1 Å². The molecular weight excluding hydrogens is 232 g/mol. The number of aromatic hydroxyl groups is 1. The Morgan fingerprint density at radius 3 is 2.78 bits per heavy atom. The Bertz CT molecular complexity index is 552. The Hall–Kier alpha value is -2.56. The summed E-state index contributed by atoms with van der Waals surface area (Å²) in [5.41, 5.74) is 0.940. The van der Waals surface area contributed by atoms with Gasteiger partial charge in [-0.1, -0.05) is 6.07 Å². The van der Waals surface area contributed by atoms with Crippen LogP contribution in [0.3, 0.4) is 0 Å². The zero-order valence-electron chi connectivity index (χ0n) is 9.75. The van der Waals surface area contributed by atoms with Gasteiger partial charge in [-0.3, -0.25) is 4.79 Å². The molecule has 0 saturated heterocycles. The first-order valence-electron chi connectivity index (χ1n) is 5.29. The van der Waals surface area contributed by atoms with Gasteiger partial charge in [0, 0.05) is 11.6 Å². The lowest BCUT2D eigenvalue weighted by Gasteiger charge is -2.05. The van der Waals surface area contributed by atoms with E-state index >= 15 is 0 Å². The van der Waals surface area contributed by atoms with Crippen LogP contribution >= 0.6 is 0 Å². The summed E-state index contributed by atoms with van der Waals surface area (Å²) in [6, 6.07) is 9.46. The molecule has 5 heteroatoms. The van der Waals surface area contributed by atoms with Crippen LogP contribution in [0.2, 0.25) is 0 Å². The fourth-order valence-electron chi connectivity index (χ4n) is 1.43. The van der Waals surface area contributed by atoms with Crippen LogP contribution < -0.4 is 10.1 Å². The lowest BCUT2D eigenvalue weighted by Crippen LogP contribution is -2.11. The summed E-state index contributed by atoms with van der Waals surface area (Å²) < 4.78 is 4.92. The average Bonchev–Trinajstić information content (AvgIpc) is 2.39. The summed E-state index contributed by atoms with van der Waals surface area (Å²) in [7, 11) is 1.52. The summed E-state index contributed by atoms with van der Waals surface area (Å²) in [5, 5.41) is 12.0. The molecule has 2 N–H and O–H groups in total. The number of aromatic nitrogens is 1. The number of methoxy groups -OCH3 is 1. The fraction of sp³-hybridized carbons (Fsp3) is 0.0769. The van der Waals surface area contributed by atoms with Gasteiger partial charge >= 0.3 is 0 Å². The molecule has 1 amide bonds. The molecule has 0 spiro atoms. The molecule has 18 heavy (non-hydrogen) atoms. The number of pyridine rings is 1. The summed E-state index contributed by atoms with van der Waals surface area (Å²) in [5.74, 6) is 0.221. The third-order valence-corrected chi connectivity index (χ3v) is 2.31. The highest BCUT2D eigenvalue weighted by molar-refractivity contribution is 6.04. The zero-order valence-corrected chi connectivity index (χ0v) is 9.75. The number of anilines is 1. The Kier molecular flexibility index (Phi) is 3.43. The highest BCUT2D eigenvalue weighted by Crippen LogP contribution is 2.15. The summed E-state index contributed by atoms with van der Waals surface area (Å²) in [6.07, 6.45) is 1.50. The SMILES string of the molecule is COc1ccc(NC(=O)c2cccc(O)c2)cn1. The zero-order chi connectivity index (χ0) is 13.0. The van der Waals surface area contributed by atoms with Crippen molar-refractivity contribution in [3.05, 3.63) is 48.2 Å². The molecular formula is C13H12N2O3. The predicted octanol–water partition coefficient (Wildman–Crippen LogP) is 2.05. The van der Waals surface area contributed by atoms with Crippen LogP contribution in [-0.2, 0) is 0 Å². The fourth-order valence-corrected chi connectivity index (χ4v) is 1.43. The molecule has 0 radical (unpaired) electrons. The Morgan fingerprint density at radius 1 is 1.33 bits per heavy atom. The van der Waals surface area contributed by atoms with Crippen molar-refractivity contribution in [1.82, 2.24) is 4.98 Å². The van der Waals surface area contributed by atoms with Gasteiger partial charge in [0.2, 0.25) is 5.88 Å². The number of rotatable bonds is 3. The number of nitrogens with one attached hydrogen (secondary N) is 1. The van der Waals surface area contributed by atoms with Crippen molar-refractivity contribution in [1.29, 1.82) is 0 Å². The minimum absolute atomic E-state index is 0.0514. The monoisotopic (exact) mass is 244 g/mol. The van der Waals surface area contributed by atoms with Crippen LogP contribution in [0, 0.1) is 0 Å². The smallest absolute Gasteiger partial charge is 0.255 e. The molecule has 0 saturated carbocycles. The first-order valence-corrected chi connectivity index (χ1v) is 5.29. The second-order valence-corrected chi connectivity index (χ2v) is 3.59. The standard InChI is InChI=1S/C13H12N2O3/c1-18-12-6-5-10(8-14-12)15-13(17)9-3-2-4-11(16)7-9/h2-8,16H,1H3,(H,15,17). The highest BCUT2D eigenvalue weighted by Gasteiger charge is 2.06. The van der Waals surface area contributed by atoms with Gasteiger partial charge < -0.3 is 15.2 Å². The molecule has 0 aliphatic carbocycles. The molecule has 2 rings (SSSR count). The molecule has 0 fully saturated rings. The van der Waals surface area contributed by atoms with Gasteiger partial charge in [0.15, 0.2) is 0 Å². The van der Waals surface area contributed by atoms with Crippen molar-refractivity contribution in [2.45, 2.75) is 0 Å². The number of ether oxygens (including phenoxy) is 1. The molecule has 1 heterocycles. The second-order valence-electron chi connectivity index (χ2n) is 3.59. The molecule has 1 aromatic carbocycles. The van der Waals surface area contributed by atoms with Gasteiger partial charge in [-0.2, -0.15) is 0 Å². The molecule has 0 aliphatic rings. The lowest BCUT2D eigenvalue weighted by molar-refractivity contribution is 0.102. The van der Waals surface area contributed by atoms with Gasteiger partial charge in [-0.25, -0.2) is 4.98 Å². The number of benzene rings is 1. The van der Waals surface area contributed by atoms with Crippen molar-refractivity contribution in [2.75, 3.05) is 12.4 Å². The number of hydrogen-bond acceptors (Lipinski definition) is 4. The molecule has 1 aromatic heterocycles. The lowest BCUT2D eigenvalue weighted by atomic mass is 10.2. The molecule has 92 valence electrons. The van der Waals surface area contributed by atoms with Crippen molar-refractivity contribution in [3.8, 4) is 11.6 Å². The van der Waals surface area contributed by atoms with E-state index in [4.69, 9.17) is 4.74 Å². The highest BCUT2D eigenvalue weighted by atomic mass is 16.5. The maximum absolute atomic E-state index is 11.8. The molecule has 0 bridgehead atoms. The number of hydrogen-bond donors (Lipinski definition) is 2. The van der Waals surface area contributed by atoms with E-state index in [1.807, 2.05) is 0 Å². The summed E-state index contributed by atoms with van der Waals surface area (Å²) in [6.45, 7) is 0. The Morgan fingerprint density at radius 2 is 2.17 bits per heavy atom. The van der Waals surface area contributed by atoms with E-state index in [0.29, 0.717) is 17.1 Å². The number of carbonyl (C=O) groups is 1. The van der Waals surface area contributed by atoms with Crippen LogP contribution in [0.1, 0.15) is 10.4 Å². The van der Waals surface area contributed by atoms with E-state index in [1.165, 1.54) is 25.4 Å². The quantitative estimate of drug-likeness (QED) is 0.866. The van der Waals surface area contributed by atoms with E-state index in [-0.39, 0.29) is 11.7 Å². The number of phenolic OH excluding ortho intramolecular Hbond substituents is 1. The van der Waals surface area contributed by atoms with Gasteiger partial charge in [0.1, 0.15) is 5.75 Å². The average molecular weight is 244 g/mol. The van der Waals surface area contributed by atoms with Crippen molar-refractivity contribution >= 4 is 11.6 Å². The molecule has 0 aliphatic heterocycles. The normalized spacial score (nSPS) is 9.83. The van der Waals surface area contributed by atoms with Crippen LogP contribution in [0.15, 0.2) is 42.6 Å². The Balaban J connectivity index is 2.11. The predicted molar refractivity (Wildman–Crippen MR) is 66.8 cm³/mol. The van der Waals surface area contributed by atoms with Crippen LogP contribution in [0.4, 0.5) is 5.69 Å². The van der Waals surface area contributed by atoms with Crippen molar-refractivity contribution in [3.63, 3.8) is 0 Å². The van der Waals surface area contributed by atoms with Gasteiger partial charge in [0.25, 0.3) is 5.91 Å². The maximum Gasteiger partial charge on any atom is 0.255 e. The van der Waals surface area contributed by atoms with Crippen LogP contribution in [0.5, 0.6) is 11.6 Å². The first kappa shape index (κ1) is 11.9. The molecule has 5 nitrogen and oxygen atoms in total. The number of amides is 1. The third kappa shape index (κ3) is 2.76. The van der Waals surface area contributed by atoms with E-state index in [2.05, 4.69) is 10.3 Å². The van der Waals surface area contributed by atoms with Gasteiger partial charge in [-0.15, -0.1) is 0 Å². The van der Waals surface area contributed by atoms with E-state index < -0.39 is 0 Å². The minimum atomic E-state index is -0.308. The minimum Gasteiger partial charge on any atom is -0.508 e. The molecule has 2 aromatic rings. The van der Waals surface area contributed by atoms with Crippen LogP contribution in [0.25, 0.3) is 0 Å². The van der Waals surface area contributed by atoms with E-state index in [9.17, 15) is 9.90 Å². The van der Waals surface area contributed by atoms with Crippen molar-refractivity contribution < 1.29 is 14.6 Å². The van der Waals surface area contributed by atoms with Gasteiger partial charge in [-0.05, 0) is 24.3 Å². The number of carbonyl (C=O) groups excluding carboxylic acids is 1. The van der Waals surface area contributed by atoms with E-state index in [0.717, 1.165) is 0 Å². The topological polar surface area (TPSA) is 71.5 Å². The van der Waals surface area contributed by atoms with Gasteiger partial charge in [0.05, 0.1) is 19.0 Å². The third-order valence-electron chi connectivity index (χ3n) is 2.31. The van der Waals surface area contributed by atoms with E-state index in [1.54, 1.807) is 24.3 Å². The molecule has 0 unspecified atom stereocenters. The first-order chi connectivity index (χ1) is 8.69. The Labute approximate surface area is 104 Å². The second kappa shape index (κ2) is 5.18.